The predicted molar refractivity (Wildman–Crippen MR) is 97.8 cm³/mol. The van der Waals surface area contributed by atoms with Crippen molar-refractivity contribution >= 4 is 34.0 Å². The van der Waals surface area contributed by atoms with E-state index in [0.29, 0.717) is 11.4 Å². The number of nitrogens with one attached hydrogen (secondary N) is 1. The monoisotopic (exact) mass is 352 g/mol. The van der Waals surface area contributed by atoms with E-state index in [2.05, 4.69) is 10.3 Å². The number of nitriles is 1. The minimum Gasteiger partial charge on any atom is -0.497 e. The quantitative estimate of drug-likeness (QED) is 0.575. The predicted octanol–water partition coefficient (Wildman–Crippen LogP) is 3.57. The number of anilines is 1. The van der Waals surface area contributed by atoms with Crippen molar-refractivity contribution in [1.29, 1.82) is 5.26 Å². The van der Waals surface area contributed by atoms with Crippen LogP contribution in [-0.2, 0) is 4.79 Å². The molecular formula is C18H16N4O2S. The summed E-state index contributed by atoms with van der Waals surface area (Å²) in [5.74, 6) is 0.152. The number of methoxy groups -OCH3 is 1. The zero-order valence-corrected chi connectivity index (χ0v) is 14.8. The van der Waals surface area contributed by atoms with Crippen LogP contribution in [0.1, 0.15) is 16.3 Å². The van der Waals surface area contributed by atoms with E-state index in [-0.39, 0.29) is 5.57 Å². The summed E-state index contributed by atoms with van der Waals surface area (Å²) in [6.07, 6.45) is 3.51. The second-order valence-corrected chi connectivity index (χ2v) is 6.65. The molecule has 0 aliphatic heterocycles. The smallest absolute Gasteiger partial charge is 0.266 e. The van der Waals surface area contributed by atoms with Crippen molar-refractivity contribution in [3.05, 3.63) is 52.3 Å². The molecule has 0 radical (unpaired) electrons. The summed E-state index contributed by atoms with van der Waals surface area (Å²) in [7, 11) is 1.55. The van der Waals surface area contributed by atoms with Crippen molar-refractivity contribution in [2.45, 2.75) is 13.8 Å². The first-order valence-electron chi connectivity index (χ1n) is 7.54. The number of amides is 1. The number of hydrogen-bond donors (Lipinski definition) is 1. The molecule has 0 saturated heterocycles. The highest BCUT2D eigenvalue weighted by Gasteiger charge is 2.14. The Kier molecular flexibility index (Phi) is 4.55. The summed E-state index contributed by atoms with van der Waals surface area (Å²) in [6, 6.07) is 8.94. The van der Waals surface area contributed by atoms with Gasteiger partial charge in [-0.3, -0.25) is 9.20 Å². The van der Waals surface area contributed by atoms with Gasteiger partial charge in [-0.1, -0.05) is 6.07 Å². The van der Waals surface area contributed by atoms with Crippen LogP contribution in [0.5, 0.6) is 5.75 Å². The lowest BCUT2D eigenvalue weighted by Crippen LogP contribution is -2.13. The van der Waals surface area contributed by atoms with Crippen LogP contribution in [0, 0.1) is 25.2 Å². The Morgan fingerprint density at radius 3 is 2.96 bits per heavy atom. The molecular weight excluding hydrogens is 336 g/mol. The van der Waals surface area contributed by atoms with Crippen molar-refractivity contribution in [3.8, 4) is 11.8 Å². The standard InChI is InChI=1S/C18H16N4O2S/c1-11-10-22-16(12(2)20-18(22)25-11)7-13(9-19)17(23)21-14-5-4-6-15(8-14)24-3/h4-8,10H,1-3H3,(H,21,23)/b13-7+. The molecule has 0 spiro atoms. The van der Waals surface area contributed by atoms with E-state index in [4.69, 9.17) is 4.74 Å². The van der Waals surface area contributed by atoms with E-state index in [1.807, 2.05) is 30.5 Å². The number of fused-ring (bicyclic) bond motifs is 1. The van der Waals surface area contributed by atoms with Crippen LogP contribution in [0.15, 0.2) is 36.0 Å². The second-order valence-electron chi connectivity index (χ2n) is 5.43. The van der Waals surface area contributed by atoms with E-state index in [0.717, 1.165) is 21.2 Å². The molecule has 3 aromatic rings. The highest BCUT2D eigenvalue weighted by atomic mass is 32.1. The number of ether oxygens (including phenoxy) is 1. The second kappa shape index (κ2) is 6.79. The van der Waals surface area contributed by atoms with Crippen LogP contribution in [0.3, 0.4) is 0 Å². The number of thiazole rings is 1. The average molecular weight is 352 g/mol. The average Bonchev–Trinajstić information content (AvgIpc) is 3.08. The normalized spacial score (nSPS) is 11.4. The van der Waals surface area contributed by atoms with E-state index in [1.165, 1.54) is 0 Å². The zero-order chi connectivity index (χ0) is 18.0. The van der Waals surface area contributed by atoms with Gasteiger partial charge in [-0.15, -0.1) is 11.3 Å². The van der Waals surface area contributed by atoms with Crippen molar-refractivity contribution < 1.29 is 9.53 Å². The summed E-state index contributed by atoms with van der Waals surface area (Å²) in [5, 5.41) is 12.1. The van der Waals surface area contributed by atoms with E-state index >= 15 is 0 Å². The van der Waals surface area contributed by atoms with Crippen LogP contribution >= 0.6 is 11.3 Å². The largest absolute Gasteiger partial charge is 0.497 e. The van der Waals surface area contributed by atoms with Crippen molar-refractivity contribution in [3.63, 3.8) is 0 Å². The van der Waals surface area contributed by atoms with Gasteiger partial charge in [0.15, 0.2) is 4.96 Å². The summed E-state index contributed by atoms with van der Waals surface area (Å²) < 4.78 is 7.03. The van der Waals surface area contributed by atoms with Crippen LogP contribution in [-0.4, -0.2) is 22.4 Å². The number of imidazole rings is 1. The van der Waals surface area contributed by atoms with E-state index < -0.39 is 5.91 Å². The molecule has 0 unspecified atom stereocenters. The SMILES string of the molecule is COc1cccc(NC(=O)/C(C#N)=C/c2c(C)nc3sc(C)cn23)c1. The molecule has 0 saturated carbocycles. The Labute approximate surface area is 149 Å². The molecule has 1 aromatic carbocycles. The molecule has 1 N–H and O–H groups in total. The Morgan fingerprint density at radius 1 is 1.44 bits per heavy atom. The molecule has 0 aliphatic rings. The summed E-state index contributed by atoms with van der Waals surface area (Å²) >= 11 is 1.56. The maximum Gasteiger partial charge on any atom is 0.266 e. The lowest BCUT2D eigenvalue weighted by atomic mass is 10.2. The Bertz CT molecular complexity index is 1020. The van der Waals surface area contributed by atoms with Crippen molar-refractivity contribution in [1.82, 2.24) is 9.38 Å². The van der Waals surface area contributed by atoms with Crippen molar-refractivity contribution in [2.75, 3.05) is 12.4 Å². The lowest BCUT2D eigenvalue weighted by Gasteiger charge is -2.06. The van der Waals surface area contributed by atoms with Crippen molar-refractivity contribution in [2.24, 2.45) is 0 Å². The minimum atomic E-state index is -0.475. The molecule has 1 amide bonds. The molecule has 0 atom stereocenters. The first kappa shape index (κ1) is 16.7. The molecule has 126 valence electrons. The molecule has 7 heteroatoms. The molecule has 6 nitrogen and oxygen atoms in total. The van der Waals surface area contributed by atoms with Gasteiger partial charge >= 0.3 is 0 Å². The number of benzene rings is 1. The molecule has 0 fully saturated rings. The topological polar surface area (TPSA) is 79.4 Å². The number of hydrogen-bond acceptors (Lipinski definition) is 5. The third kappa shape index (κ3) is 3.39. The number of carbonyl (C=O) groups is 1. The van der Waals surface area contributed by atoms with Gasteiger partial charge in [0.2, 0.25) is 0 Å². The van der Waals surface area contributed by atoms with Gasteiger partial charge in [0, 0.05) is 22.8 Å². The van der Waals surface area contributed by atoms with Crippen LogP contribution in [0.4, 0.5) is 5.69 Å². The van der Waals surface area contributed by atoms with Crippen LogP contribution < -0.4 is 10.1 Å². The Balaban J connectivity index is 1.92. The molecule has 2 heterocycles. The molecule has 0 aliphatic carbocycles. The maximum atomic E-state index is 12.5. The third-order valence-corrected chi connectivity index (χ3v) is 4.53. The summed E-state index contributed by atoms with van der Waals surface area (Å²) in [6.45, 7) is 3.85. The van der Waals surface area contributed by atoms with Gasteiger partial charge in [0.1, 0.15) is 17.4 Å². The van der Waals surface area contributed by atoms with Crippen LogP contribution in [0.2, 0.25) is 0 Å². The van der Waals surface area contributed by atoms with E-state index in [9.17, 15) is 10.1 Å². The molecule has 3 rings (SSSR count). The first-order valence-corrected chi connectivity index (χ1v) is 8.35. The highest BCUT2D eigenvalue weighted by Crippen LogP contribution is 2.23. The molecule has 0 bridgehead atoms. The van der Waals surface area contributed by atoms with Gasteiger partial charge in [-0.05, 0) is 32.1 Å². The number of carbonyl (C=O) groups excluding carboxylic acids is 1. The van der Waals surface area contributed by atoms with Gasteiger partial charge in [-0.2, -0.15) is 5.26 Å². The fourth-order valence-electron chi connectivity index (χ4n) is 2.44. The number of nitrogens with zero attached hydrogens (tertiary/aromatic N) is 3. The highest BCUT2D eigenvalue weighted by molar-refractivity contribution is 7.17. The Morgan fingerprint density at radius 2 is 2.24 bits per heavy atom. The number of aromatic nitrogens is 2. The Hall–Kier alpha value is -3.11. The molecule has 25 heavy (non-hydrogen) atoms. The fraction of sp³-hybridized carbons (Fsp3) is 0.167. The number of rotatable bonds is 4. The minimum absolute atomic E-state index is 0.0107. The number of aryl methyl sites for hydroxylation is 2. The van der Waals surface area contributed by atoms with Gasteiger partial charge in [0.25, 0.3) is 5.91 Å². The van der Waals surface area contributed by atoms with Gasteiger partial charge in [0.05, 0.1) is 18.5 Å². The third-order valence-electron chi connectivity index (χ3n) is 3.64. The molecule has 2 aromatic heterocycles. The maximum absolute atomic E-state index is 12.5. The fourth-order valence-corrected chi connectivity index (χ4v) is 3.32. The van der Waals surface area contributed by atoms with Gasteiger partial charge in [-0.25, -0.2) is 4.98 Å². The van der Waals surface area contributed by atoms with Gasteiger partial charge < -0.3 is 10.1 Å². The first-order chi connectivity index (χ1) is 12.0. The summed E-state index contributed by atoms with van der Waals surface area (Å²) in [5.41, 5.74) is 2.08. The lowest BCUT2D eigenvalue weighted by molar-refractivity contribution is -0.112. The zero-order valence-electron chi connectivity index (χ0n) is 14.0. The van der Waals surface area contributed by atoms with Crippen LogP contribution in [0.25, 0.3) is 11.0 Å². The summed E-state index contributed by atoms with van der Waals surface area (Å²) in [4.78, 5) is 18.9. The van der Waals surface area contributed by atoms with E-state index in [1.54, 1.807) is 48.8 Å².